The van der Waals surface area contributed by atoms with E-state index < -0.39 is 24.0 Å². The summed E-state index contributed by atoms with van der Waals surface area (Å²) < 4.78 is 6.11. The lowest BCUT2D eigenvalue weighted by Gasteiger charge is -2.29. The van der Waals surface area contributed by atoms with Crippen LogP contribution in [0.1, 0.15) is 11.6 Å². The van der Waals surface area contributed by atoms with Crippen LogP contribution in [0.5, 0.6) is 11.5 Å². The van der Waals surface area contributed by atoms with E-state index in [0.717, 1.165) is 9.37 Å². The molecule has 0 unspecified atom stereocenters. The van der Waals surface area contributed by atoms with Gasteiger partial charge in [0.2, 0.25) is 5.91 Å². The molecule has 7 nitrogen and oxygen atoms in total. The number of nitrogens with zero attached hydrogens (tertiary/aromatic N) is 2. The number of carbonyl (C=O) groups is 2. The third-order valence-electron chi connectivity index (χ3n) is 5.78. The van der Waals surface area contributed by atoms with Gasteiger partial charge in [-0.25, -0.2) is 9.96 Å². The van der Waals surface area contributed by atoms with Crippen LogP contribution in [0, 0.1) is 5.92 Å². The van der Waals surface area contributed by atoms with E-state index in [9.17, 15) is 14.7 Å². The molecule has 8 heteroatoms. The van der Waals surface area contributed by atoms with Crippen molar-refractivity contribution >= 4 is 39.1 Å². The van der Waals surface area contributed by atoms with Gasteiger partial charge < -0.3 is 9.84 Å². The molecule has 0 aliphatic carbocycles. The van der Waals surface area contributed by atoms with Gasteiger partial charge in [0.05, 0.1) is 18.5 Å². The average Bonchev–Trinajstić information content (AvgIpc) is 3.31. The predicted octanol–water partition coefficient (Wildman–Crippen LogP) is 4.21. The molecule has 3 aromatic rings. The van der Waals surface area contributed by atoms with Gasteiger partial charge in [-0.2, -0.15) is 0 Å². The van der Waals surface area contributed by atoms with Gasteiger partial charge in [-0.1, -0.05) is 46.3 Å². The molecule has 162 valence electrons. The molecule has 3 aromatic carbocycles. The quantitative estimate of drug-likeness (QED) is 0.547. The van der Waals surface area contributed by atoms with Gasteiger partial charge in [-0.15, -0.1) is 0 Å². The third kappa shape index (κ3) is 3.14. The van der Waals surface area contributed by atoms with Crippen LogP contribution in [-0.2, 0) is 14.4 Å². The highest BCUT2D eigenvalue weighted by Crippen LogP contribution is 2.50. The van der Waals surface area contributed by atoms with E-state index in [1.807, 2.05) is 30.3 Å². The van der Waals surface area contributed by atoms with E-state index in [2.05, 4.69) is 15.9 Å². The molecule has 0 saturated carbocycles. The van der Waals surface area contributed by atoms with Gasteiger partial charge in [-0.3, -0.25) is 14.4 Å². The minimum Gasteiger partial charge on any atom is -0.504 e. The van der Waals surface area contributed by atoms with Crippen molar-refractivity contribution < 1.29 is 24.3 Å². The van der Waals surface area contributed by atoms with Crippen LogP contribution < -0.4 is 14.7 Å². The van der Waals surface area contributed by atoms with E-state index in [-0.39, 0.29) is 17.4 Å². The number of anilines is 2. The zero-order chi connectivity index (χ0) is 22.4. The van der Waals surface area contributed by atoms with Crippen molar-refractivity contribution in [3.63, 3.8) is 0 Å². The van der Waals surface area contributed by atoms with Crippen LogP contribution in [0.15, 0.2) is 77.3 Å². The number of rotatable bonds is 4. The highest BCUT2D eigenvalue weighted by atomic mass is 79.9. The first-order valence-electron chi connectivity index (χ1n) is 10.0. The normalized spacial score (nSPS) is 22.4. The van der Waals surface area contributed by atoms with E-state index in [0.29, 0.717) is 16.9 Å². The number of methoxy groups -OCH3 is 1. The van der Waals surface area contributed by atoms with E-state index >= 15 is 0 Å². The van der Waals surface area contributed by atoms with Crippen LogP contribution >= 0.6 is 15.9 Å². The zero-order valence-corrected chi connectivity index (χ0v) is 18.6. The lowest BCUT2D eigenvalue weighted by molar-refractivity contribution is -0.126. The van der Waals surface area contributed by atoms with E-state index in [1.54, 1.807) is 47.5 Å². The van der Waals surface area contributed by atoms with Gasteiger partial charge in [0, 0.05) is 10.0 Å². The summed E-state index contributed by atoms with van der Waals surface area (Å²) in [5.74, 6) is -1.47. The first kappa shape index (κ1) is 20.5. The summed E-state index contributed by atoms with van der Waals surface area (Å²) in [4.78, 5) is 34.1. The molecule has 32 heavy (non-hydrogen) atoms. The largest absolute Gasteiger partial charge is 0.504 e. The number of hydrogen-bond acceptors (Lipinski definition) is 6. The predicted molar refractivity (Wildman–Crippen MR) is 121 cm³/mol. The molecule has 2 aliphatic heterocycles. The van der Waals surface area contributed by atoms with Crippen molar-refractivity contribution in [1.29, 1.82) is 0 Å². The molecular weight excluding hydrogens is 476 g/mol. The molecule has 2 fully saturated rings. The number of hydroxylamine groups is 1. The van der Waals surface area contributed by atoms with Gasteiger partial charge >= 0.3 is 0 Å². The molecule has 0 aromatic heterocycles. The Balaban J connectivity index is 1.62. The van der Waals surface area contributed by atoms with Gasteiger partial charge in [0.15, 0.2) is 17.6 Å². The number of amides is 2. The topological polar surface area (TPSA) is 79.3 Å². The molecule has 0 radical (unpaired) electrons. The SMILES string of the molecule is COc1cccc([C@@H]2[C@H]3C(=O)N(c4ccc(Br)cc4)C(=O)[C@H]3ON2c2ccccc2)c1O. The van der Waals surface area contributed by atoms with Crippen molar-refractivity contribution in [1.82, 2.24) is 0 Å². The number of phenolic OH excluding ortho intramolecular Hbond substituents is 1. The Morgan fingerprint density at radius 1 is 0.906 bits per heavy atom. The lowest BCUT2D eigenvalue weighted by Crippen LogP contribution is -2.37. The Kier molecular flexibility index (Phi) is 5.11. The fraction of sp³-hybridized carbons (Fsp3) is 0.167. The van der Waals surface area contributed by atoms with Crippen molar-refractivity contribution in [2.24, 2.45) is 5.92 Å². The van der Waals surface area contributed by atoms with Crippen molar-refractivity contribution in [3.8, 4) is 11.5 Å². The van der Waals surface area contributed by atoms with Crippen LogP contribution in [0.2, 0.25) is 0 Å². The molecule has 0 bridgehead atoms. The minimum atomic E-state index is -1.01. The van der Waals surface area contributed by atoms with Gasteiger partial charge in [-0.05, 0) is 42.5 Å². The molecule has 2 aliphatic rings. The van der Waals surface area contributed by atoms with Crippen LogP contribution in [0.3, 0.4) is 0 Å². The first-order valence-corrected chi connectivity index (χ1v) is 10.8. The summed E-state index contributed by atoms with van der Waals surface area (Å²) in [5, 5.41) is 12.4. The lowest BCUT2D eigenvalue weighted by atomic mass is 9.90. The summed E-state index contributed by atoms with van der Waals surface area (Å²) in [7, 11) is 1.46. The monoisotopic (exact) mass is 494 g/mol. The second-order valence-corrected chi connectivity index (χ2v) is 8.46. The molecule has 5 rings (SSSR count). The summed E-state index contributed by atoms with van der Waals surface area (Å²) in [6.07, 6.45) is -1.01. The maximum Gasteiger partial charge on any atom is 0.266 e. The molecule has 2 saturated heterocycles. The summed E-state index contributed by atoms with van der Waals surface area (Å²) in [6.45, 7) is 0. The van der Waals surface area contributed by atoms with E-state index in [1.165, 1.54) is 7.11 Å². The minimum absolute atomic E-state index is 0.0903. The second kappa shape index (κ2) is 7.96. The number of phenols is 1. The highest BCUT2D eigenvalue weighted by Gasteiger charge is 2.60. The Labute approximate surface area is 192 Å². The Morgan fingerprint density at radius 3 is 2.31 bits per heavy atom. The van der Waals surface area contributed by atoms with Crippen LogP contribution in [0.4, 0.5) is 11.4 Å². The standard InChI is InChI=1S/C24H19BrN2O5/c1-31-18-9-5-8-17(21(18)28)20-19-22(32-27(20)16-6-3-2-4-7-16)24(30)26(23(19)29)15-12-10-14(25)11-13-15/h2-13,19-20,22,28H,1H3/t19-,20-,22+/m1/s1. The number of halogens is 1. The number of ether oxygens (including phenoxy) is 1. The summed E-state index contributed by atoms with van der Waals surface area (Å²) in [6, 6.07) is 20.5. The molecule has 1 N–H and O–H groups in total. The van der Waals surface area contributed by atoms with Crippen molar-refractivity contribution in [2.45, 2.75) is 12.1 Å². The Hall–Kier alpha value is -3.36. The van der Waals surface area contributed by atoms with Gasteiger partial charge in [0.1, 0.15) is 12.0 Å². The number of benzene rings is 3. The zero-order valence-electron chi connectivity index (χ0n) is 17.0. The molecule has 2 amide bonds. The van der Waals surface area contributed by atoms with E-state index in [4.69, 9.17) is 9.57 Å². The number of carbonyl (C=O) groups excluding carboxylic acids is 2. The van der Waals surface area contributed by atoms with Crippen LogP contribution in [-0.4, -0.2) is 30.1 Å². The van der Waals surface area contributed by atoms with Crippen molar-refractivity contribution in [2.75, 3.05) is 17.1 Å². The number of hydrogen-bond donors (Lipinski definition) is 1. The van der Waals surface area contributed by atoms with Gasteiger partial charge in [0.25, 0.3) is 5.91 Å². The summed E-state index contributed by atoms with van der Waals surface area (Å²) in [5.41, 5.74) is 1.59. The Morgan fingerprint density at radius 2 is 1.62 bits per heavy atom. The first-order chi connectivity index (χ1) is 15.5. The highest BCUT2D eigenvalue weighted by molar-refractivity contribution is 9.10. The van der Waals surface area contributed by atoms with Crippen LogP contribution in [0.25, 0.3) is 0 Å². The number of para-hydroxylation sites is 2. The fourth-order valence-electron chi connectivity index (χ4n) is 4.32. The fourth-order valence-corrected chi connectivity index (χ4v) is 4.58. The molecular formula is C24H19BrN2O5. The maximum atomic E-state index is 13.6. The molecule has 3 atom stereocenters. The number of imide groups is 1. The third-order valence-corrected chi connectivity index (χ3v) is 6.31. The smallest absolute Gasteiger partial charge is 0.266 e. The van der Waals surface area contributed by atoms with Crippen molar-refractivity contribution in [3.05, 3.63) is 82.8 Å². The Bertz CT molecular complexity index is 1180. The second-order valence-electron chi connectivity index (χ2n) is 7.54. The maximum absolute atomic E-state index is 13.6. The molecule has 2 heterocycles. The molecule has 0 spiro atoms. The number of aromatic hydroxyl groups is 1. The number of fused-ring (bicyclic) bond motifs is 1. The summed E-state index contributed by atoms with van der Waals surface area (Å²) >= 11 is 3.37. The average molecular weight is 495 g/mol.